The van der Waals surface area contributed by atoms with Crippen LogP contribution < -0.4 is 5.56 Å². The quantitative estimate of drug-likeness (QED) is 0.374. The number of hydrogen-bond donors (Lipinski definition) is 1. The molecule has 0 aliphatic heterocycles. The monoisotopic (exact) mass is 447 g/mol. The summed E-state index contributed by atoms with van der Waals surface area (Å²) < 4.78 is 3.50. The van der Waals surface area contributed by atoms with E-state index in [2.05, 4.69) is 36.0 Å². The molecule has 0 saturated heterocycles. The number of aromatic nitrogens is 5. The predicted molar refractivity (Wildman–Crippen MR) is 108 cm³/mol. The molecular formula is C17H14BrN5OS2. The Balaban J connectivity index is 1.59. The summed E-state index contributed by atoms with van der Waals surface area (Å²) >= 11 is 6.42. The highest BCUT2D eigenvalue weighted by Gasteiger charge is 2.11. The van der Waals surface area contributed by atoms with Crippen molar-refractivity contribution in [2.45, 2.75) is 24.8 Å². The topological polar surface area (TPSA) is 76.5 Å². The van der Waals surface area contributed by atoms with Gasteiger partial charge in [0.2, 0.25) is 5.13 Å². The van der Waals surface area contributed by atoms with Gasteiger partial charge in [-0.2, -0.15) is 4.68 Å². The number of halogens is 1. The van der Waals surface area contributed by atoms with Crippen LogP contribution in [0.1, 0.15) is 17.1 Å². The second-order valence-electron chi connectivity index (χ2n) is 5.79. The second kappa shape index (κ2) is 6.98. The summed E-state index contributed by atoms with van der Waals surface area (Å²) in [6, 6.07) is 9.40. The van der Waals surface area contributed by atoms with Gasteiger partial charge in [0.25, 0.3) is 5.56 Å². The van der Waals surface area contributed by atoms with Crippen LogP contribution in [-0.2, 0) is 5.75 Å². The average molecular weight is 448 g/mol. The van der Waals surface area contributed by atoms with Crippen molar-refractivity contribution in [2.24, 2.45) is 0 Å². The lowest BCUT2D eigenvalue weighted by atomic mass is 10.3. The summed E-state index contributed by atoms with van der Waals surface area (Å²) in [5, 5.41) is 4.47. The van der Waals surface area contributed by atoms with Crippen LogP contribution in [0, 0.1) is 13.8 Å². The zero-order valence-electron chi connectivity index (χ0n) is 14.0. The molecule has 0 radical (unpaired) electrons. The van der Waals surface area contributed by atoms with Gasteiger partial charge in [0.15, 0.2) is 5.16 Å². The smallest absolute Gasteiger partial charge is 0.273 e. The van der Waals surface area contributed by atoms with Crippen molar-refractivity contribution in [1.82, 2.24) is 24.7 Å². The van der Waals surface area contributed by atoms with Gasteiger partial charge >= 0.3 is 0 Å². The number of nitrogens with one attached hydrogen (secondary N) is 1. The van der Waals surface area contributed by atoms with Gasteiger partial charge in [-0.15, -0.1) is 0 Å². The van der Waals surface area contributed by atoms with E-state index in [1.54, 1.807) is 6.07 Å². The van der Waals surface area contributed by atoms with Crippen LogP contribution >= 0.6 is 39.0 Å². The number of fused-ring (bicyclic) bond motifs is 1. The van der Waals surface area contributed by atoms with Crippen LogP contribution in [0.2, 0.25) is 0 Å². The van der Waals surface area contributed by atoms with Crippen LogP contribution in [-0.4, -0.2) is 24.7 Å². The highest BCUT2D eigenvalue weighted by molar-refractivity contribution is 9.10. The maximum absolute atomic E-state index is 12.4. The standard InChI is InChI=1S/C17H14BrN5OS2/c1-9-5-10(2)20-16(19-9)25-8-12-7-15(24)23(22-12)17-21-13-4-3-11(18)6-14(13)26-17/h3-7,22H,8H2,1-2H3. The lowest BCUT2D eigenvalue weighted by Crippen LogP contribution is -2.12. The lowest BCUT2D eigenvalue weighted by molar-refractivity contribution is 0.826. The zero-order chi connectivity index (χ0) is 18.3. The highest BCUT2D eigenvalue weighted by Crippen LogP contribution is 2.27. The molecule has 9 heteroatoms. The number of aromatic amines is 1. The molecule has 4 rings (SSSR count). The van der Waals surface area contributed by atoms with Crippen molar-refractivity contribution in [1.29, 1.82) is 0 Å². The molecule has 1 N–H and O–H groups in total. The molecule has 0 aliphatic carbocycles. The highest BCUT2D eigenvalue weighted by atomic mass is 79.9. The zero-order valence-corrected chi connectivity index (χ0v) is 17.2. The summed E-state index contributed by atoms with van der Waals surface area (Å²) in [5.41, 5.74) is 3.43. The van der Waals surface area contributed by atoms with Gasteiger partial charge < -0.3 is 0 Å². The molecule has 0 bridgehead atoms. The van der Waals surface area contributed by atoms with E-state index in [-0.39, 0.29) is 5.56 Å². The fourth-order valence-electron chi connectivity index (χ4n) is 2.54. The normalized spacial score (nSPS) is 11.3. The Kier molecular flexibility index (Phi) is 4.68. The predicted octanol–water partition coefficient (Wildman–Crippen LogP) is 4.24. The van der Waals surface area contributed by atoms with Crippen LogP contribution in [0.4, 0.5) is 0 Å². The summed E-state index contributed by atoms with van der Waals surface area (Å²) in [4.78, 5) is 25.7. The van der Waals surface area contributed by atoms with E-state index in [1.807, 2.05) is 38.1 Å². The minimum Gasteiger partial charge on any atom is -0.292 e. The van der Waals surface area contributed by atoms with E-state index in [4.69, 9.17) is 0 Å². The summed E-state index contributed by atoms with van der Waals surface area (Å²) in [6.07, 6.45) is 0. The Bertz CT molecular complexity index is 1140. The molecule has 0 atom stereocenters. The van der Waals surface area contributed by atoms with Gasteiger partial charge in [-0.3, -0.25) is 9.89 Å². The number of thiazole rings is 1. The Labute approximate surface area is 165 Å². The van der Waals surface area contributed by atoms with Crippen molar-refractivity contribution >= 4 is 49.2 Å². The van der Waals surface area contributed by atoms with Gasteiger partial charge in [-0.05, 0) is 38.1 Å². The first-order valence-corrected chi connectivity index (χ1v) is 10.4. The number of benzene rings is 1. The Morgan fingerprint density at radius 3 is 2.69 bits per heavy atom. The molecule has 132 valence electrons. The molecule has 4 aromatic rings. The van der Waals surface area contributed by atoms with Crippen LogP contribution in [0.5, 0.6) is 0 Å². The van der Waals surface area contributed by atoms with E-state index in [9.17, 15) is 4.79 Å². The molecule has 6 nitrogen and oxygen atoms in total. The van der Waals surface area contributed by atoms with Crippen molar-refractivity contribution in [3.8, 4) is 5.13 Å². The minimum atomic E-state index is -0.125. The molecule has 1 aromatic carbocycles. The first-order chi connectivity index (χ1) is 12.5. The maximum Gasteiger partial charge on any atom is 0.273 e. The fourth-order valence-corrected chi connectivity index (χ4v) is 4.88. The van der Waals surface area contributed by atoms with E-state index in [0.717, 1.165) is 31.8 Å². The van der Waals surface area contributed by atoms with Gasteiger partial charge in [-0.1, -0.05) is 39.0 Å². The van der Waals surface area contributed by atoms with Gasteiger partial charge in [0.1, 0.15) is 0 Å². The summed E-state index contributed by atoms with van der Waals surface area (Å²) in [5.74, 6) is 0.585. The van der Waals surface area contributed by atoms with Crippen LogP contribution in [0.3, 0.4) is 0 Å². The summed E-state index contributed by atoms with van der Waals surface area (Å²) in [6.45, 7) is 3.89. The number of hydrogen-bond acceptors (Lipinski definition) is 6. The molecular weight excluding hydrogens is 434 g/mol. The van der Waals surface area contributed by atoms with E-state index in [1.165, 1.54) is 27.8 Å². The average Bonchev–Trinajstić information content (AvgIpc) is 3.14. The molecule has 0 spiro atoms. The van der Waals surface area contributed by atoms with Crippen LogP contribution in [0.15, 0.2) is 44.8 Å². The van der Waals surface area contributed by atoms with Crippen molar-refractivity contribution in [3.05, 3.63) is 62.2 Å². The molecule has 0 fully saturated rings. The molecule has 26 heavy (non-hydrogen) atoms. The van der Waals surface area contributed by atoms with Crippen molar-refractivity contribution in [2.75, 3.05) is 0 Å². The number of aryl methyl sites for hydroxylation is 2. The molecule has 3 aromatic heterocycles. The number of H-pyrrole nitrogens is 1. The first-order valence-electron chi connectivity index (χ1n) is 7.80. The third-order valence-electron chi connectivity index (χ3n) is 3.62. The van der Waals surface area contributed by atoms with Gasteiger partial charge in [0, 0.05) is 33.4 Å². The molecule has 3 heterocycles. The first kappa shape index (κ1) is 17.4. The van der Waals surface area contributed by atoms with E-state index in [0.29, 0.717) is 16.0 Å². The van der Waals surface area contributed by atoms with E-state index >= 15 is 0 Å². The molecule has 0 aliphatic rings. The number of rotatable bonds is 4. The number of thioether (sulfide) groups is 1. The molecule has 0 amide bonds. The Hall–Kier alpha value is -1.97. The Morgan fingerprint density at radius 1 is 1.15 bits per heavy atom. The second-order valence-corrected chi connectivity index (χ2v) is 8.65. The largest absolute Gasteiger partial charge is 0.292 e. The SMILES string of the molecule is Cc1cc(C)nc(SCc2cc(=O)n(-c3nc4ccc(Br)cc4s3)[nH]2)n1. The van der Waals surface area contributed by atoms with Crippen molar-refractivity contribution in [3.63, 3.8) is 0 Å². The fraction of sp³-hybridized carbons (Fsp3) is 0.176. The Morgan fingerprint density at radius 2 is 1.92 bits per heavy atom. The van der Waals surface area contributed by atoms with Crippen LogP contribution in [0.25, 0.3) is 15.3 Å². The lowest BCUT2D eigenvalue weighted by Gasteiger charge is -2.02. The molecule has 0 saturated carbocycles. The maximum atomic E-state index is 12.4. The minimum absolute atomic E-state index is 0.125. The van der Waals surface area contributed by atoms with E-state index < -0.39 is 0 Å². The summed E-state index contributed by atoms with van der Waals surface area (Å²) in [7, 11) is 0. The number of nitrogens with zero attached hydrogens (tertiary/aromatic N) is 4. The van der Waals surface area contributed by atoms with Crippen molar-refractivity contribution < 1.29 is 0 Å². The van der Waals surface area contributed by atoms with Gasteiger partial charge in [0.05, 0.1) is 10.2 Å². The third-order valence-corrected chi connectivity index (χ3v) is 6.02. The van der Waals surface area contributed by atoms with Gasteiger partial charge in [-0.25, -0.2) is 15.0 Å². The molecule has 0 unspecified atom stereocenters. The third kappa shape index (κ3) is 3.60.